The van der Waals surface area contributed by atoms with Crippen molar-refractivity contribution in [1.29, 1.82) is 0 Å². The lowest BCUT2D eigenvalue weighted by Gasteiger charge is -2.21. The van der Waals surface area contributed by atoms with Crippen LogP contribution in [0.2, 0.25) is 0 Å². The first kappa shape index (κ1) is 14.5. The maximum absolute atomic E-state index is 12.1. The van der Waals surface area contributed by atoms with E-state index in [0.29, 0.717) is 5.75 Å². The van der Waals surface area contributed by atoms with E-state index >= 15 is 0 Å². The normalized spacial score (nSPS) is 17.6. The third-order valence-electron chi connectivity index (χ3n) is 4.19. The summed E-state index contributed by atoms with van der Waals surface area (Å²) >= 11 is 1.55. The standard InChI is InChI=1S/C17H18N2O3S/c1-11-18-13(10-23-11)9-16(20)19-12-4-5-14-15(8-12)22-17(21-14)6-2-3-7-17/h4-5,8,10H,2-3,6-7,9H2,1H3,(H,19,20). The van der Waals surface area contributed by atoms with Gasteiger partial charge in [0.2, 0.25) is 5.91 Å². The molecular formula is C17H18N2O3S. The molecule has 1 aliphatic heterocycles. The molecule has 1 fully saturated rings. The van der Waals surface area contributed by atoms with E-state index in [2.05, 4.69) is 10.3 Å². The molecule has 1 aromatic carbocycles. The van der Waals surface area contributed by atoms with E-state index in [-0.39, 0.29) is 12.3 Å². The Morgan fingerprint density at radius 3 is 2.83 bits per heavy atom. The Morgan fingerprint density at radius 1 is 1.30 bits per heavy atom. The molecule has 5 nitrogen and oxygen atoms in total. The van der Waals surface area contributed by atoms with E-state index in [1.54, 1.807) is 11.3 Å². The van der Waals surface area contributed by atoms with Crippen LogP contribution < -0.4 is 14.8 Å². The van der Waals surface area contributed by atoms with Gasteiger partial charge in [0, 0.05) is 30.0 Å². The molecule has 6 heteroatoms. The predicted molar refractivity (Wildman–Crippen MR) is 88.1 cm³/mol. The van der Waals surface area contributed by atoms with Crippen LogP contribution in [-0.4, -0.2) is 16.7 Å². The number of nitrogens with zero attached hydrogens (tertiary/aromatic N) is 1. The number of thiazole rings is 1. The Bertz CT molecular complexity index is 750. The molecule has 23 heavy (non-hydrogen) atoms. The molecule has 0 unspecified atom stereocenters. The zero-order chi connectivity index (χ0) is 15.9. The number of rotatable bonds is 3. The molecule has 1 N–H and O–H groups in total. The van der Waals surface area contributed by atoms with Gasteiger partial charge in [-0.2, -0.15) is 0 Å². The van der Waals surface area contributed by atoms with Crippen LogP contribution in [0.5, 0.6) is 11.5 Å². The van der Waals surface area contributed by atoms with Crippen LogP contribution in [0.25, 0.3) is 0 Å². The SMILES string of the molecule is Cc1nc(CC(=O)Nc2ccc3c(c2)OC2(CCCC2)O3)cs1. The summed E-state index contributed by atoms with van der Waals surface area (Å²) in [5.74, 6) is 0.933. The van der Waals surface area contributed by atoms with Crippen LogP contribution in [0.15, 0.2) is 23.6 Å². The first-order chi connectivity index (χ1) is 11.1. The molecule has 1 aromatic heterocycles. The summed E-state index contributed by atoms with van der Waals surface area (Å²) in [6.07, 6.45) is 4.39. The van der Waals surface area contributed by atoms with E-state index in [4.69, 9.17) is 9.47 Å². The van der Waals surface area contributed by atoms with Gasteiger partial charge in [-0.25, -0.2) is 4.98 Å². The fraction of sp³-hybridized carbons (Fsp3) is 0.412. The summed E-state index contributed by atoms with van der Waals surface area (Å²) in [7, 11) is 0. The molecule has 0 bridgehead atoms. The van der Waals surface area contributed by atoms with Gasteiger partial charge in [0.1, 0.15) is 0 Å². The second kappa shape index (κ2) is 5.53. The molecule has 1 saturated carbocycles. The maximum Gasteiger partial charge on any atom is 0.251 e. The number of aromatic nitrogens is 1. The Morgan fingerprint density at radius 2 is 2.09 bits per heavy atom. The largest absolute Gasteiger partial charge is 0.448 e. The highest BCUT2D eigenvalue weighted by molar-refractivity contribution is 7.09. The number of carbonyl (C=O) groups is 1. The molecule has 1 spiro atoms. The van der Waals surface area contributed by atoms with Crippen LogP contribution in [0.1, 0.15) is 36.4 Å². The van der Waals surface area contributed by atoms with Crippen molar-refractivity contribution in [3.8, 4) is 11.5 Å². The van der Waals surface area contributed by atoms with Gasteiger partial charge in [-0.15, -0.1) is 11.3 Å². The van der Waals surface area contributed by atoms with Crippen LogP contribution >= 0.6 is 11.3 Å². The van der Waals surface area contributed by atoms with E-state index in [0.717, 1.165) is 47.8 Å². The lowest BCUT2D eigenvalue weighted by Crippen LogP contribution is -2.34. The van der Waals surface area contributed by atoms with Gasteiger partial charge in [-0.3, -0.25) is 4.79 Å². The van der Waals surface area contributed by atoms with Crippen molar-refractivity contribution >= 4 is 22.9 Å². The second-order valence-electron chi connectivity index (χ2n) is 6.07. The number of hydrogen-bond acceptors (Lipinski definition) is 5. The van der Waals surface area contributed by atoms with Crippen molar-refractivity contribution in [1.82, 2.24) is 4.98 Å². The molecule has 2 heterocycles. The first-order valence-electron chi connectivity index (χ1n) is 7.85. The van der Waals surface area contributed by atoms with Crippen molar-refractivity contribution in [3.63, 3.8) is 0 Å². The molecule has 2 aliphatic rings. The van der Waals surface area contributed by atoms with Crippen molar-refractivity contribution in [2.45, 2.75) is 44.8 Å². The Hall–Kier alpha value is -2.08. The van der Waals surface area contributed by atoms with E-state index in [1.165, 1.54) is 0 Å². The third kappa shape index (κ3) is 2.91. The van der Waals surface area contributed by atoms with Gasteiger partial charge in [0.15, 0.2) is 11.5 Å². The van der Waals surface area contributed by atoms with Gasteiger partial charge in [-0.05, 0) is 31.9 Å². The summed E-state index contributed by atoms with van der Waals surface area (Å²) in [4.78, 5) is 16.4. The van der Waals surface area contributed by atoms with E-state index < -0.39 is 5.79 Å². The van der Waals surface area contributed by atoms with E-state index in [1.807, 2.05) is 30.5 Å². The van der Waals surface area contributed by atoms with Gasteiger partial charge in [-0.1, -0.05) is 0 Å². The molecule has 120 valence electrons. The number of anilines is 1. The van der Waals surface area contributed by atoms with Crippen LogP contribution in [0.3, 0.4) is 0 Å². The average molecular weight is 330 g/mol. The van der Waals surface area contributed by atoms with Crippen molar-refractivity contribution in [2.75, 3.05) is 5.32 Å². The smallest absolute Gasteiger partial charge is 0.251 e. The second-order valence-corrected chi connectivity index (χ2v) is 7.13. The van der Waals surface area contributed by atoms with Gasteiger partial charge in [0.05, 0.1) is 17.1 Å². The van der Waals surface area contributed by atoms with Gasteiger partial charge < -0.3 is 14.8 Å². The minimum Gasteiger partial charge on any atom is -0.448 e. The molecular weight excluding hydrogens is 312 g/mol. The highest BCUT2D eigenvalue weighted by Gasteiger charge is 2.44. The minimum absolute atomic E-state index is 0.0789. The molecule has 1 aliphatic carbocycles. The highest BCUT2D eigenvalue weighted by atomic mass is 32.1. The Kier molecular flexibility index (Phi) is 3.49. The first-order valence-corrected chi connectivity index (χ1v) is 8.73. The van der Waals surface area contributed by atoms with Crippen molar-refractivity contribution < 1.29 is 14.3 Å². The molecule has 0 radical (unpaired) electrons. The number of fused-ring (bicyclic) bond motifs is 1. The summed E-state index contributed by atoms with van der Waals surface area (Å²) in [6, 6.07) is 5.55. The van der Waals surface area contributed by atoms with Crippen LogP contribution in [-0.2, 0) is 11.2 Å². The van der Waals surface area contributed by atoms with Crippen LogP contribution in [0, 0.1) is 6.92 Å². The third-order valence-corrected chi connectivity index (χ3v) is 5.02. The molecule has 1 amide bonds. The summed E-state index contributed by atoms with van der Waals surface area (Å²) in [5, 5.41) is 5.78. The number of nitrogens with one attached hydrogen (secondary N) is 1. The fourth-order valence-electron chi connectivity index (χ4n) is 3.15. The summed E-state index contributed by atoms with van der Waals surface area (Å²) in [6.45, 7) is 1.93. The number of carbonyl (C=O) groups excluding carboxylic acids is 1. The predicted octanol–water partition coefficient (Wildman–Crippen LogP) is 3.67. The number of aryl methyl sites for hydroxylation is 1. The zero-order valence-corrected chi connectivity index (χ0v) is 13.7. The quantitative estimate of drug-likeness (QED) is 0.933. The molecule has 0 saturated heterocycles. The lowest BCUT2D eigenvalue weighted by atomic mass is 10.2. The van der Waals surface area contributed by atoms with Crippen LogP contribution in [0.4, 0.5) is 5.69 Å². The maximum atomic E-state index is 12.1. The lowest BCUT2D eigenvalue weighted by molar-refractivity contribution is -0.115. The minimum atomic E-state index is -0.469. The zero-order valence-electron chi connectivity index (χ0n) is 12.9. The molecule has 0 atom stereocenters. The van der Waals surface area contributed by atoms with Crippen molar-refractivity contribution in [2.24, 2.45) is 0 Å². The highest BCUT2D eigenvalue weighted by Crippen LogP contribution is 2.47. The Labute approximate surface area is 138 Å². The number of benzene rings is 1. The monoisotopic (exact) mass is 330 g/mol. The Balaban J connectivity index is 1.44. The topological polar surface area (TPSA) is 60.5 Å². The van der Waals surface area contributed by atoms with Crippen molar-refractivity contribution in [3.05, 3.63) is 34.3 Å². The number of hydrogen-bond donors (Lipinski definition) is 1. The van der Waals surface area contributed by atoms with Gasteiger partial charge in [0.25, 0.3) is 5.79 Å². The van der Waals surface area contributed by atoms with Gasteiger partial charge >= 0.3 is 0 Å². The fourth-order valence-corrected chi connectivity index (χ4v) is 3.76. The molecule has 2 aromatic rings. The molecule has 4 rings (SSSR count). The summed E-state index contributed by atoms with van der Waals surface area (Å²) in [5.41, 5.74) is 1.52. The van der Waals surface area contributed by atoms with E-state index in [9.17, 15) is 4.79 Å². The average Bonchev–Trinajstić information content (AvgIpc) is 3.20. The number of ether oxygens (including phenoxy) is 2. The summed E-state index contributed by atoms with van der Waals surface area (Å²) < 4.78 is 12.0. The number of amides is 1.